The number of nitrogens with zero attached hydrogens (tertiary/aromatic N) is 4. The van der Waals surface area contributed by atoms with Gasteiger partial charge in [-0.15, -0.1) is 0 Å². The maximum atomic E-state index is 10.2. The molecule has 38 heavy (non-hydrogen) atoms. The number of ether oxygens (including phenoxy) is 1. The first kappa shape index (κ1) is 25.9. The second-order valence-electron chi connectivity index (χ2n) is 11.4. The number of aliphatic hydroxyl groups is 1. The van der Waals surface area contributed by atoms with Crippen LogP contribution in [0, 0.1) is 0 Å². The van der Waals surface area contributed by atoms with Gasteiger partial charge in [-0.25, -0.2) is 4.98 Å². The molecule has 1 aromatic heterocycles. The third kappa shape index (κ3) is 5.52. The number of rotatable bonds is 7. The highest BCUT2D eigenvalue weighted by Gasteiger charge is 2.49. The van der Waals surface area contributed by atoms with Gasteiger partial charge in [-0.1, -0.05) is 65.9 Å². The van der Waals surface area contributed by atoms with E-state index in [4.69, 9.17) is 15.5 Å². The number of morpholine rings is 1. The van der Waals surface area contributed by atoms with Crippen LogP contribution in [0.3, 0.4) is 0 Å². The van der Waals surface area contributed by atoms with Crippen LogP contribution < -0.4 is 10.6 Å². The summed E-state index contributed by atoms with van der Waals surface area (Å²) in [5.41, 5.74) is 9.90. The van der Waals surface area contributed by atoms with Crippen LogP contribution in [-0.4, -0.2) is 91.1 Å². The second kappa shape index (κ2) is 10.7. The van der Waals surface area contributed by atoms with Crippen LogP contribution in [0.5, 0.6) is 0 Å². The zero-order valence-electron chi connectivity index (χ0n) is 22.3. The Morgan fingerprint density at radius 2 is 1.50 bits per heavy atom. The molecule has 2 aliphatic heterocycles. The minimum atomic E-state index is -0.662. The monoisotopic (exact) mass is 533 g/mol. The van der Waals surface area contributed by atoms with Gasteiger partial charge in [0.25, 0.3) is 0 Å². The molecular formula is C30H39N5O2S. The Morgan fingerprint density at radius 3 is 2.13 bits per heavy atom. The molecule has 2 saturated heterocycles. The highest BCUT2D eigenvalue weighted by molar-refractivity contribution is 7.19. The highest BCUT2D eigenvalue weighted by Crippen LogP contribution is 2.47. The van der Waals surface area contributed by atoms with E-state index >= 15 is 0 Å². The van der Waals surface area contributed by atoms with Crippen LogP contribution >= 0.6 is 11.3 Å². The fourth-order valence-corrected chi connectivity index (χ4v) is 7.31. The normalized spacial score (nSPS) is 26.9. The summed E-state index contributed by atoms with van der Waals surface area (Å²) >= 11 is 1.79. The standard InChI is InChI=1S/C30H39N5O2S/c1-29(36)21-30(31,22-29)25-9-7-23(8-10-25)26-27(24-5-3-2-4-6-24)38-28(32-26)35-15-13-33(14-16-35)11-12-34-17-19-37-20-18-34/h2-10,36H,11-22,31H2,1H3/t29-,30+. The van der Waals surface area contributed by atoms with E-state index in [2.05, 4.69) is 69.3 Å². The summed E-state index contributed by atoms with van der Waals surface area (Å²) in [7, 11) is 0. The van der Waals surface area contributed by atoms with Crippen molar-refractivity contribution in [1.29, 1.82) is 0 Å². The molecule has 7 nitrogen and oxygen atoms in total. The zero-order chi connectivity index (χ0) is 26.2. The van der Waals surface area contributed by atoms with Crippen LogP contribution in [0.1, 0.15) is 25.3 Å². The van der Waals surface area contributed by atoms with Crippen LogP contribution in [-0.2, 0) is 10.3 Å². The Labute approximate surface area is 229 Å². The lowest BCUT2D eigenvalue weighted by Crippen LogP contribution is -2.58. The molecule has 6 rings (SSSR count). The molecule has 0 unspecified atom stereocenters. The van der Waals surface area contributed by atoms with Crippen LogP contribution in [0.2, 0.25) is 0 Å². The van der Waals surface area contributed by atoms with Gasteiger partial charge in [0.2, 0.25) is 0 Å². The molecule has 8 heteroatoms. The molecule has 3 fully saturated rings. The molecule has 0 bridgehead atoms. The minimum absolute atomic E-state index is 0.445. The minimum Gasteiger partial charge on any atom is -0.390 e. The summed E-state index contributed by atoms with van der Waals surface area (Å²) in [6.07, 6.45) is 1.18. The largest absolute Gasteiger partial charge is 0.390 e. The van der Waals surface area contributed by atoms with Crippen molar-refractivity contribution in [2.75, 3.05) is 70.5 Å². The number of thiazole rings is 1. The molecule has 0 radical (unpaired) electrons. The Balaban J connectivity index is 1.18. The van der Waals surface area contributed by atoms with Crippen molar-refractivity contribution in [3.63, 3.8) is 0 Å². The molecule has 0 atom stereocenters. The summed E-state index contributed by atoms with van der Waals surface area (Å²) in [6.45, 7) is 12.1. The Morgan fingerprint density at radius 1 is 0.868 bits per heavy atom. The van der Waals surface area contributed by atoms with E-state index in [0.717, 1.165) is 87.5 Å². The van der Waals surface area contributed by atoms with Crippen molar-refractivity contribution in [2.45, 2.75) is 30.9 Å². The topological polar surface area (TPSA) is 78.1 Å². The Hall–Kier alpha value is -2.33. The SMILES string of the molecule is C[C@]1(O)C[C@](N)(c2ccc(-c3nc(N4CCN(CCN5CCOCC5)CC4)sc3-c3ccccc3)cc2)C1. The van der Waals surface area contributed by atoms with Gasteiger partial charge in [-0.3, -0.25) is 9.80 Å². The third-order valence-electron chi connectivity index (χ3n) is 8.26. The zero-order valence-corrected chi connectivity index (χ0v) is 23.1. The van der Waals surface area contributed by atoms with Crippen LogP contribution in [0.15, 0.2) is 54.6 Å². The molecule has 3 N–H and O–H groups in total. The first-order chi connectivity index (χ1) is 18.4. The van der Waals surface area contributed by atoms with Gasteiger partial charge in [-0.2, -0.15) is 0 Å². The molecule has 0 amide bonds. The van der Waals surface area contributed by atoms with E-state index in [0.29, 0.717) is 12.8 Å². The Kier molecular flexibility index (Phi) is 7.28. The molecule has 3 aliphatic rings. The number of piperazine rings is 1. The number of benzene rings is 2. The van der Waals surface area contributed by atoms with Crippen LogP contribution in [0.4, 0.5) is 5.13 Å². The van der Waals surface area contributed by atoms with Gasteiger partial charge < -0.3 is 20.5 Å². The summed E-state index contributed by atoms with van der Waals surface area (Å²) in [6, 6.07) is 19.1. The third-order valence-corrected chi connectivity index (χ3v) is 9.42. The average molecular weight is 534 g/mol. The average Bonchev–Trinajstić information content (AvgIpc) is 3.38. The number of anilines is 1. The number of hydrogen-bond acceptors (Lipinski definition) is 8. The van der Waals surface area contributed by atoms with E-state index in [-0.39, 0.29) is 0 Å². The molecule has 3 heterocycles. The summed E-state index contributed by atoms with van der Waals surface area (Å²) in [5.74, 6) is 0. The molecule has 0 spiro atoms. The lowest BCUT2D eigenvalue weighted by molar-refractivity contribution is -0.0738. The quantitative estimate of drug-likeness (QED) is 0.480. The van der Waals surface area contributed by atoms with E-state index in [9.17, 15) is 5.11 Å². The second-order valence-corrected chi connectivity index (χ2v) is 12.4. The first-order valence-electron chi connectivity index (χ1n) is 13.8. The lowest BCUT2D eigenvalue weighted by atomic mass is 9.63. The lowest BCUT2D eigenvalue weighted by Gasteiger charge is -2.49. The predicted octanol–water partition coefficient (Wildman–Crippen LogP) is 3.63. The van der Waals surface area contributed by atoms with Crippen molar-refractivity contribution < 1.29 is 9.84 Å². The van der Waals surface area contributed by atoms with Crippen molar-refractivity contribution in [2.24, 2.45) is 5.73 Å². The summed E-state index contributed by atoms with van der Waals surface area (Å²) in [5, 5.41) is 11.3. The fourth-order valence-electron chi connectivity index (χ4n) is 6.17. The Bertz CT molecular complexity index is 1210. The van der Waals surface area contributed by atoms with E-state index in [1.165, 1.54) is 10.4 Å². The molecule has 2 aromatic carbocycles. The summed E-state index contributed by atoms with van der Waals surface area (Å²) < 4.78 is 5.48. The van der Waals surface area contributed by atoms with Crippen molar-refractivity contribution in [1.82, 2.24) is 14.8 Å². The maximum Gasteiger partial charge on any atom is 0.186 e. The van der Waals surface area contributed by atoms with Gasteiger partial charge in [0.15, 0.2) is 5.13 Å². The van der Waals surface area contributed by atoms with E-state index < -0.39 is 11.1 Å². The van der Waals surface area contributed by atoms with Gasteiger partial charge >= 0.3 is 0 Å². The first-order valence-corrected chi connectivity index (χ1v) is 14.7. The van der Waals surface area contributed by atoms with Crippen molar-refractivity contribution in [3.05, 3.63) is 60.2 Å². The number of hydrogen-bond donors (Lipinski definition) is 2. The molecule has 1 saturated carbocycles. The van der Waals surface area contributed by atoms with Crippen molar-refractivity contribution >= 4 is 16.5 Å². The van der Waals surface area contributed by atoms with E-state index in [1.807, 2.05) is 6.92 Å². The predicted molar refractivity (Wildman–Crippen MR) is 155 cm³/mol. The highest BCUT2D eigenvalue weighted by atomic mass is 32.1. The molecular weight excluding hydrogens is 494 g/mol. The maximum absolute atomic E-state index is 10.2. The van der Waals surface area contributed by atoms with Gasteiger partial charge in [0.1, 0.15) is 0 Å². The summed E-state index contributed by atoms with van der Waals surface area (Å²) in [4.78, 5) is 14.0. The number of nitrogens with two attached hydrogens (primary N) is 1. The van der Waals surface area contributed by atoms with E-state index in [1.54, 1.807) is 11.3 Å². The van der Waals surface area contributed by atoms with Gasteiger partial charge in [0.05, 0.1) is 29.4 Å². The molecule has 3 aromatic rings. The van der Waals surface area contributed by atoms with Crippen molar-refractivity contribution in [3.8, 4) is 21.7 Å². The molecule has 202 valence electrons. The number of aromatic nitrogens is 1. The van der Waals surface area contributed by atoms with Crippen LogP contribution in [0.25, 0.3) is 21.7 Å². The van der Waals surface area contributed by atoms with Gasteiger partial charge in [0, 0.05) is 63.5 Å². The molecule has 1 aliphatic carbocycles. The fraction of sp³-hybridized carbons (Fsp3) is 0.500. The van der Waals surface area contributed by atoms with Gasteiger partial charge in [-0.05, 0) is 30.9 Å². The smallest absolute Gasteiger partial charge is 0.186 e.